The minimum Gasteiger partial charge on any atom is -0.462 e. The highest BCUT2D eigenvalue weighted by Gasteiger charge is 2.27. The Hall–Kier alpha value is -2.55. The minimum absolute atomic E-state index is 0.0292. The van der Waals surface area contributed by atoms with Gasteiger partial charge in [0.25, 0.3) is 0 Å². The summed E-state index contributed by atoms with van der Waals surface area (Å²) in [5.41, 5.74) is 0. The molecule has 0 saturated heterocycles. The van der Waals surface area contributed by atoms with Crippen LogP contribution in [0.15, 0.2) is 72.9 Å². The van der Waals surface area contributed by atoms with Crippen LogP contribution >= 0.6 is 7.82 Å². The van der Waals surface area contributed by atoms with Gasteiger partial charge in [0.1, 0.15) is 19.8 Å². The summed E-state index contributed by atoms with van der Waals surface area (Å²) >= 11 is 0. The number of rotatable bonds is 53. The van der Waals surface area contributed by atoms with Crippen molar-refractivity contribution in [2.45, 2.75) is 258 Å². The summed E-state index contributed by atoms with van der Waals surface area (Å²) < 4.78 is 34.5. The maximum atomic E-state index is 12.8. The van der Waals surface area contributed by atoms with E-state index in [2.05, 4.69) is 86.8 Å². The average Bonchev–Trinajstić information content (AvgIpc) is 3.33. The van der Waals surface area contributed by atoms with Gasteiger partial charge < -0.3 is 18.9 Å². The number of allylic oxidation sites excluding steroid dienone is 12. The smallest absolute Gasteiger partial charge is 0.462 e. The number of esters is 2. The van der Waals surface area contributed by atoms with Crippen molar-refractivity contribution >= 4 is 19.8 Å². The Morgan fingerprint density at radius 3 is 1.21 bits per heavy atom. The highest BCUT2D eigenvalue weighted by molar-refractivity contribution is 7.47. The van der Waals surface area contributed by atoms with Gasteiger partial charge in [0.05, 0.1) is 27.7 Å². The maximum Gasteiger partial charge on any atom is 0.472 e. The standard InChI is InChI=1S/C61H110NO8P/c1-6-8-10-12-14-16-18-20-22-24-25-26-27-28-29-30-31-32-33-34-35-36-37-38-40-42-44-46-48-50-52-54-61(64)70-59(58-69-71(65,66)68-56-55-62(3,4)5)57-67-60(63)53-51-49-47-45-43-41-39-23-21-19-17-15-13-11-9-7-2/h8,10,14,16,20,22-23,25-26,28-29,39,59H,6-7,9,11-13,15,17-19,21,24,27,30-38,40-58H2,1-5H3/p+1/b10-8-,16-14-,22-20-,26-25-,29-28-,39-23-. The number of hydrogen-bond acceptors (Lipinski definition) is 7. The van der Waals surface area contributed by atoms with Gasteiger partial charge in [-0.1, -0.05) is 228 Å². The lowest BCUT2D eigenvalue weighted by atomic mass is 10.0. The van der Waals surface area contributed by atoms with Gasteiger partial charge in [0, 0.05) is 12.8 Å². The highest BCUT2D eigenvalue weighted by atomic mass is 31.2. The zero-order chi connectivity index (χ0) is 52.0. The Kier molecular flexibility index (Phi) is 50.4. The van der Waals surface area contributed by atoms with E-state index in [1.54, 1.807) is 0 Å². The molecule has 0 heterocycles. The Morgan fingerprint density at radius 2 is 0.803 bits per heavy atom. The third kappa shape index (κ3) is 56.6. The number of unbranched alkanes of at least 4 members (excludes halogenated alkanes) is 27. The predicted octanol–water partition coefficient (Wildman–Crippen LogP) is 18.1. The van der Waals surface area contributed by atoms with Crippen LogP contribution < -0.4 is 0 Å². The molecule has 1 N–H and O–H groups in total. The molecule has 0 aromatic carbocycles. The van der Waals surface area contributed by atoms with Crippen LogP contribution in [0.1, 0.15) is 251 Å². The third-order valence-electron chi connectivity index (χ3n) is 12.5. The predicted molar refractivity (Wildman–Crippen MR) is 302 cm³/mol. The Morgan fingerprint density at radius 1 is 0.451 bits per heavy atom. The lowest BCUT2D eigenvalue weighted by molar-refractivity contribution is -0.870. The number of quaternary nitrogens is 1. The van der Waals surface area contributed by atoms with E-state index in [-0.39, 0.29) is 32.0 Å². The number of nitrogens with zero attached hydrogens (tertiary/aromatic N) is 1. The fraction of sp³-hybridized carbons (Fsp3) is 0.770. The summed E-state index contributed by atoms with van der Waals surface area (Å²) in [6.45, 7) is 4.32. The van der Waals surface area contributed by atoms with Crippen molar-refractivity contribution in [1.82, 2.24) is 0 Å². The normalized spacial score (nSPS) is 13.8. The molecule has 71 heavy (non-hydrogen) atoms. The van der Waals surface area contributed by atoms with Gasteiger partial charge in [-0.25, -0.2) is 4.57 Å². The van der Waals surface area contributed by atoms with Crippen LogP contribution in [0.3, 0.4) is 0 Å². The van der Waals surface area contributed by atoms with Gasteiger partial charge in [-0.15, -0.1) is 0 Å². The molecular weight excluding hydrogens is 906 g/mol. The van der Waals surface area contributed by atoms with E-state index in [9.17, 15) is 19.0 Å². The number of ether oxygens (including phenoxy) is 2. The van der Waals surface area contributed by atoms with Crippen LogP contribution in [0, 0.1) is 0 Å². The fourth-order valence-corrected chi connectivity index (χ4v) is 8.72. The maximum absolute atomic E-state index is 12.8. The van der Waals surface area contributed by atoms with Gasteiger partial charge in [0.2, 0.25) is 0 Å². The number of hydrogen-bond donors (Lipinski definition) is 1. The number of carbonyl (C=O) groups is 2. The van der Waals surface area contributed by atoms with Gasteiger partial charge >= 0.3 is 19.8 Å². The molecule has 2 atom stereocenters. The van der Waals surface area contributed by atoms with Crippen molar-refractivity contribution in [2.24, 2.45) is 0 Å². The average molecular weight is 1020 g/mol. The lowest BCUT2D eigenvalue weighted by Gasteiger charge is -2.24. The SMILES string of the molecule is CC/C=C\C/C=C\C/C=C\C/C=C\C/C=C\CCCCCCCCCCCCCCCCCC(=O)OC(COC(=O)CCCCCCC/C=C\CCCCCCCCC)COP(=O)(O)OCC[N+](C)(C)C. The van der Waals surface area contributed by atoms with Crippen LogP contribution in [0.2, 0.25) is 0 Å². The monoisotopic (exact) mass is 1020 g/mol. The van der Waals surface area contributed by atoms with Gasteiger partial charge in [-0.3, -0.25) is 18.6 Å². The van der Waals surface area contributed by atoms with Crippen LogP contribution in [0.4, 0.5) is 0 Å². The Bertz CT molecular complexity index is 1430. The van der Waals surface area contributed by atoms with Crippen molar-refractivity contribution < 1.29 is 42.1 Å². The minimum atomic E-state index is -4.39. The molecule has 412 valence electrons. The second-order valence-electron chi connectivity index (χ2n) is 20.6. The van der Waals surface area contributed by atoms with Gasteiger partial charge in [-0.05, 0) is 83.5 Å². The van der Waals surface area contributed by atoms with Gasteiger partial charge in [0.15, 0.2) is 6.10 Å². The van der Waals surface area contributed by atoms with E-state index < -0.39 is 26.5 Å². The molecule has 0 radical (unpaired) electrons. The van der Waals surface area contributed by atoms with E-state index in [1.807, 2.05) is 21.1 Å². The number of phosphoric acid groups is 1. The lowest BCUT2D eigenvalue weighted by Crippen LogP contribution is -2.37. The molecule has 0 aromatic heterocycles. The van der Waals surface area contributed by atoms with Crippen molar-refractivity contribution in [3.8, 4) is 0 Å². The molecule has 2 unspecified atom stereocenters. The Labute approximate surface area is 438 Å². The molecule has 0 aliphatic heterocycles. The van der Waals surface area contributed by atoms with Crippen molar-refractivity contribution in [1.29, 1.82) is 0 Å². The number of likely N-dealkylation sites (N-methyl/N-ethyl adjacent to an activating group) is 1. The van der Waals surface area contributed by atoms with Crippen LogP contribution in [0.25, 0.3) is 0 Å². The molecule has 0 aliphatic rings. The molecule has 0 aromatic rings. The van der Waals surface area contributed by atoms with Crippen molar-refractivity contribution in [3.05, 3.63) is 72.9 Å². The van der Waals surface area contributed by atoms with E-state index in [0.29, 0.717) is 17.4 Å². The zero-order valence-corrected chi connectivity index (χ0v) is 47.6. The van der Waals surface area contributed by atoms with E-state index in [0.717, 1.165) is 89.9 Å². The molecule has 0 amide bonds. The molecule has 0 aliphatic carbocycles. The Balaban J connectivity index is 4.10. The second-order valence-corrected chi connectivity index (χ2v) is 22.1. The first-order valence-electron chi connectivity index (χ1n) is 29.2. The zero-order valence-electron chi connectivity index (χ0n) is 46.7. The summed E-state index contributed by atoms with van der Waals surface area (Å²) in [5.74, 6) is -0.803. The fourth-order valence-electron chi connectivity index (χ4n) is 7.98. The van der Waals surface area contributed by atoms with Crippen molar-refractivity contribution in [2.75, 3.05) is 47.5 Å². The van der Waals surface area contributed by atoms with Crippen LogP contribution in [-0.2, 0) is 32.7 Å². The van der Waals surface area contributed by atoms with Gasteiger partial charge in [-0.2, -0.15) is 0 Å². The quantitative estimate of drug-likeness (QED) is 0.0211. The molecule has 0 saturated carbocycles. The van der Waals surface area contributed by atoms with E-state index >= 15 is 0 Å². The van der Waals surface area contributed by atoms with Crippen LogP contribution in [-0.4, -0.2) is 74.9 Å². The van der Waals surface area contributed by atoms with Crippen LogP contribution in [0.5, 0.6) is 0 Å². The van der Waals surface area contributed by atoms with Crippen molar-refractivity contribution in [3.63, 3.8) is 0 Å². The largest absolute Gasteiger partial charge is 0.472 e. The molecule has 9 nitrogen and oxygen atoms in total. The summed E-state index contributed by atoms with van der Waals surface area (Å²) in [6.07, 6.45) is 68.3. The summed E-state index contributed by atoms with van der Waals surface area (Å²) in [5, 5.41) is 0. The first kappa shape index (κ1) is 68.5. The molecule has 0 spiro atoms. The molecule has 0 rings (SSSR count). The van der Waals surface area contributed by atoms with E-state index in [4.69, 9.17) is 18.5 Å². The summed E-state index contributed by atoms with van der Waals surface area (Å²) in [7, 11) is 1.47. The number of carbonyl (C=O) groups excluding carboxylic acids is 2. The number of phosphoric ester groups is 1. The summed E-state index contributed by atoms with van der Waals surface area (Å²) in [4.78, 5) is 35.6. The third-order valence-corrected chi connectivity index (χ3v) is 13.5. The molecular formula is C61H111NO8P+. The highest BCUT2D eigenvalue weighted by Crippen LogP contribution is 2.43. The molecule has 0 bridgehead atoms. The summed E-state index contributed by atoms with van der Waals surface area (Å²) in [6, 6.07) is 0. The topological polar surface area (TPSA) is 108 Å². The molecule has 10 heteroatoms. The second kappa shape index (κ2) is 52.3. The first-order chi connectivity index (χ1) is 34.5. The van der Waals surface area contributed by atoms with E-state index in [1.165, 1.54) is 128 Å². The molecule has 0 fully saturated rings. The first-order valence-corrected chi connectivity index (χ1v) is 30.7.